The molecule has 104 valence electrons. The highest BCUT2D eigenvalue weighted by Crippen LogP contribution is 2.04. The molecule has 7 heteroatoms. The van der Waals surface area contributed by atoms with Crippen LogP contribution < -0.4 is 17.0 Å². The van der Waals surface area contributed by atoms with Crippen molar-refractivity contribution in [3.8, 4) is 5.69 Å². The summed E-state index contributed by atoms with van der Waals surface area (Å²) in [4.78, 5) is 39.8. The first-order valence-corrected chi connectivity index (χ1v) is 6.02. The largest absolute Gasteiger partial charge is 0.365 e. The van der Waals surface area contributed by atoms with Gasteiger partial charge < -0.3 is 5.73 Å². The van der Waals surface area contributed by atoms with Gasteiger partial charge in [-0.1, -0.05) is 0 Å². The number of hydrogen-bond acceptors (Lipinski definition) is 4. The molecule has 2 N–H and O–H groups in total. The fourth-order valence-corrected chi connectivity index (χ4v) is 1.82. The molecular weight excluding hydrogens is 260 g/mol. The van der Waals surface area contributed by atoms with Crippen LogP contribution in [0.25, 0.3) is 5.69 Å². The lowest BCUT2D eigenvalue weighted by molar-refractivity contribution is 0.0997. The Hall–Kier alpha value is -2.70. The minimum absolute atomic E-state index is 0.218. The number of primary amides is 1. The molecule has 0 aliphatic heterocycles. The van der Waals surface area contributed by atoms with Gasteiger partial charge in [0.15, 0.2) is 0 Å². The van der Waals surface area contributed by atoms with E-state index in [1.54, 1.807) is 26.0 Å². The minimum atomic E-state index is -0.873. The summed E-state index contributed by atoms with van der Waals surface area (Å²) in [5, 5.41) is 0. The number of rotatable bonds is 3. The van der Waals surface area contributed by atoms with Gasteiger partial charge in [0.25, 0.3) is 11.5 Å². The molecule has 7 nitrogen and oxygen atoms in total. The van der Waals surface area contributed by atoms with E-state index in [-0.39, 0.29) is 11.6 Å². The summed E-state index contributed by atoms with van der Waals surface area (Å²) in [5.74, 6) is -0.873. The first-order valence-electron chi connectivity index (χ1n) is 6.02. The van der Waals surface area contributed by atoms with E-state index in [2.05, 4.69) is 4.98 Å². The molecule has 20 heavy (non-hydrogen) atoms. The Bertz CT molecular complexity index is 759. The molecule has 0 saturated carbocycles. The van der Waals surface area contributed by atoms with E-state index in [1.165, 1.54) is 23.2 Å². The van der Waals surface area contributed by atoms with E-state index in [9.17, 15) is 14.4 Å². The molecule has 0 aromatic carbocycles. The van der Waals surface area contributed by atoms with E-state index >= 15 is 0 Å². The quantitative estimate of drug-likeness (QED) is 0.856. The summed E-state index contributed by atoms with van der Waals surface area (Å²) in [6.45, 7) is 3.54. The SMILES string of the molecule is CC(C)n1cc(C(N)=O)c(=O)n(-c2cccnc2)c1=O. The van der Waals surface area contributed by atoms with Gasteiger partial charge in [-0.05, 0) is 26.0 Å². The van der Waals surface area contributed by atoms with E-state index in [0.29, 0.717) is 5.69 Å². The summed E-state index contributed by atoms with van der Waals surface area (Å²) >= 11 is 0. The van der Waals surface area contributed by atoms with Gasteiger partial charge in [-0.15, -0.1) is 0 Å². The summed E-state index contributed by atoms with van der Waals surface area (Å²) in [5.41, 5.74) is 3.97. The second kappa shape index (κ2) is 5.12. The van der Waals surface area contributed by atoms with Crippen LogP contribution in [0.3, 0.4) is 0 Å². The van der Waals surface area contributed by atoms with Crippen molar-refractivity contribution in [1.29, 1.82) is 0 Å². The predicted octanol–water partition coefficient (Wildman–Crippen LogP) is 0.0740. The molecule has 0 aliphatic carbocycles. The van der Waals surface area contributed by atoms with Crippen molar-refractivity contribution in [2.24, 2.45) is 5.73 Å². The van der Waals surface area contributed by atoms with Crippen LogP contribution in [0.2, 0.25) is 0 Å². The molecule has 0 radical (unpaired) electrons. The maximum absolute atomic E-state index is 12.4. The zero-order chi connectivity index (χ0) is 14.9. The average Bonchev–Trinajstić information content (AvgIpc) is 2.39. The fourth-order valence-electron chi connectivity index (χ4n) is 1.82. The van der Waals surface area contributed by atoms with Crippen LogP contribution in [-0.4, -0.2) is 20.0 Å². The third kappa shape index (κ3) is 2.25. The lowest BCUT2D eigenvalue weighted by Crippen LogP contribution is -2.42. The van der Waals surface area contributed by atoms with Crippen LogP contribution in [0.15, 0.2) is 40.3 Å². The van der Waals surface area contributed by atoms with Gasteiger partial charge in [0.2, 0.25) is 0 Å². The van der Waals surface area contributed by atoms with E-state index in [1.807, 2.05) is 0 Å². The third-order valence-electron chi connectivity index (χ3n) is 2.84. The maximum Gasteiger partial charge on any atom is 0.335 e. The summed E-state index contributed by atoms with van der Waals surface area (Å²) in [7, 11) is 0. The van der Waals surface area contributed by atoms with E-state index in [4.69, 9.17) is 5.73 Å². The Morgan fingerprint density at radius 2 is 2.05 bits per heavy atom. The van der Waals surface area contributed by atoms with Crippen LogP contribution in [0, 0.1) is 0 Å². The van der Waals surface area contributed by atoms with Crippen molar-refractivity contribution >= 4 is 5.91 Å². The Labute approximate surface area is 114 Å². The molecule has 0 saturated heterocycles. The maximum atomic E-state index is 12.4. The molecule has 0 atom stereocenters. The lowest BCUT2D eigenvalue weighted by atomic mass is 10.3. The van der Waals surface area contributed by atoms with E-state index < -0.39 is 17.2 Å². The van der Waals surface area contributed by atoms with Crippen LogP contribution >= 0.6 is 0 Å². The van der Waals surface area contributed by atoms with Crippen molar-refractivity contribution in [1.82, 2.24) is 14.1 Å². The van der Waals surface area contributed by atoms with Gasteiger partial charge in [0.05, 0.1) is 11.9 Å². The lowest BCUT2D eigenvalue weighted by Gasteiger charge is -2.14. The standard InChI is InChI=1S/C13H14N4O3/c1-8(2)16-7-10(11(14)18)12(19)17(13(16)20)9-4-3-5-15-6-9/h3-8H,1-2H3,(H2,14,18). The molecule has 2 aromatic rings. The predicted molar refractivity (Wildman–Crippen MR) is 73.0 cm³/mol. The van der Waals surface area contributed by atoms with Crippen molar-refractivity contribution in [3.63, 3.8) is 0 Å². The summed E-state index contributed by atoms with van der Waals surface area (Å²) in [6, 6.07) is 2.94. The number of hydrogen-bond donors (Lipinski definition) is 1. The molecule has 2 heterocycles. The first-order chi connectivity index (χ1) is 9.43. The number of carbonyl (C=O) groups is 1. The van der Waals surface area contributed by atoms with Crippen molar-refractivity contribution < 1.29 is 4.79 Å². The molecule has 0 unspecified atom stereocenters. The number of nitrogens with zero attached hydrogens (tertiary/aromatic N) is 3. The highest BCUT2D eigenvalue weighted by atomic mass is 16.2. The highest BCUT2D eigenvalue weighted by molar-refractivity contribution is 5.92. The third-order valence-corrected chi connectivity index (χ3v) is 2.84. The second-order valence-corrected chi connectivity index (χ2v) is 4.54. The number of amides is 1. The monoisotopic (exact) mass is 274 g/mol. The number of aromatic nitrogens is 3. The Kier molecular flexibility index (Phi) is 3.51. The van der Waals surface area contributed by atoms with Gasteiger partial charge in [-0.25, -0.2) is 9.36 Å². The van der Waals surface area contributed by atoms with Crippen molar-refractivity contribution in [3.05, 3.63) is 57.1 Å². The molecular formula is C13H14N4O3. The van der Waals surface area contributed by atoms with Crippen molar-refractivity contribution in [2.75, 3.05) is 0 Å². The number of carbonyl (C=O) groups excluding carboxylic acids is 1. The zero-order valence-corrected chi connectivity index (χ0v) is 11.1. The molecule has 2 aromatic heterocycles. The van der Waals surface area contributed by atoms with Gasteiger partial charge in [-0.3, -0.25) is 19.1 Å². The highest BCUT2D eigenvalue weighted by Gasteiger charge is 2.17. The van der Waals surface area contributed by atoms with Gasteiger partial charge in [0.1, 0.15) is 5.56 Å². The first kappa shape index (κ1) is 13.7. The average molecular weight is 274 g/mol. The molecule has 0 spiro atoms. The number of pyridine rings is 1. The molecule has 0 bridgehead atoms. The fraction of sp³-hybridized carbons (Fsp3) is 0.231. The van der Waals surface area contributed by atoms with Crippen LogP contribution in [0.1, 0.15) is 30.2 Å². The van der Waals surface area contributed by atoms with Crippen LogP contribution in [-0.2, 0) is 0 Å². The topological polar surface area (TPSA) is 100.0 Å². The Morgan fingerprint density at radius 1 is 1.35 bits per heavy atom. The normalized spacial score (nSPS) is 10.8. The molecule has 2 rings (SSSR count). The molecule has 0 aliphatic rings. The van der Waals surface area contributed by atoms with Crippen molar-refractivity contribution in [2.45, 2.75) is 19.9 Å². The Balaban J connectivity index is 2.90. The second-order valence-electron chi connectivity index (χ2n) is 4.54. The minimum Gasteiger partial charge on any atom is -0.365 e. The summed E-state index contributed by atoms with van der Waals surface area (Å²) in [6.07, 6.45) is 4.09. The summed E-state index contributed by atoms with van der Waals surface area (Å²) < 4.78 is 2.18. The van der Waals surface area contributed by atoms with Crippen LogP contribution in [0.5, 0.6) is 0 Å². The van der Waals surface area contributed by atoms with E-state index in [0.717, 1.165) is 4.57 Å². The molecule has 0 fully saturated rings. The van der Waals surface area contributed by atoms with Gasteiger partial charge in [0, 0.05) is 18.4 Å². The number of nitrogens with two attached hydrogens (primary N) is 1. The zero-order valence-electron chi connectivity index (χ0n) is 11.1. The molecule has 1 amide bonds. The van der Waals surface area contributed by atoms with Gasteiger partial charge in [-0.2, -0.15) is 0 Å². The van der Waals surface area contributed by atoms with Crippen LogP contribution in [0.4, 0.5) is 0 Å². The smallest absolute Gasteiger partial charge is 0.335 e. The van der Waals surface area contributed by atoms with Gasteiger partial charge >= 0.3 is 5.69 Å². The Morgan fingerprint density at radius 3 is 2.55 bits per heavy atom.